The maximum absolute atomic E-state index is 13.8. The first-order valence-electron chi connectivity index (χ1n) is 6.53. The number of benzene rings is 1. The van der Waals surface area contributed by atoms with Crippen LogP contribution in [0.1, 0.15) is 11.1 Å². The lowest BCUT2D eigenvalue weighted by Crippen LogP contribution is -2.49. The molecule has 0 aliphatic heterocycles. The highest BCUT2D eigenvalue weighted by molar-refractivity contribution is 8.00. The Hall–Kier alpha value is -1.22. The summed E-state index contributed by atoms with van der Waals surface area (Å²) in [7, 11) is 0. The summed E-state index contributed by atoms with van der Waals surface area (Å²) in [6.45, 7) is 3.14. The third-order valence-corrected chi connectivity index (χ3v) is 5.11. The zero-order chi connectivity index (χ0) is 18.3. The minimum Gasteiger partial charge on any atom is -0.188 e. The van der Waals surface area contributed by atoms with Crippen LogP contribution in [0.4, 0.5) is 30.7 Å². The summed E-state index contributed by atoms with van der Waals surface area (Å²) >= 11 is 0.418. The first-order valence-corrected chi connectivity index (χ1v) is 8.23. The van der Waals surface area contributed by atoms with Crippen molar-refractivity contribution < 1.29 is 30.7 Å². The van der Waals surface area contributed by atoms with Crippen molar-refractivity contribution in [3.63, 3.8) is 0 Å². The third kappa shape index (κ3) is 3.42. The van der Waals surface area contributed by atoms with Gasteiger partial charge in [-0.25, -0.2) is 0 Å². The van der Waals surface area contributed by atoms with Crippen LogP contribution in [0.5, 0.6) is 0 Å². The molecule has 0 aliphatic carbocycles. The molecule has 0 bridgehead atoms. The van der Waals surface area contributed by atoms with E-state index in [4.69, 9.17) is 0 Å². The summed E-state index contributed by atoms with van der Waals surface area (Å²) in [5.74, 6) is -6.14. The Morgan fingerprint density at radius 3 is 2.08 bits per heavy atom. The Bertz CT molecular complexity index is 718. The van der Waals surface area contributed by atoms with Crippen LogP contribution in [0.2, 0.25) is 0 Å². The number of rotatable bonds is 4. The molecule has 0 N–H and O–H groups in total. The molecule has 2 aromatic rings. The van der Waals surface area contributed by atoms with Gasteiger partial charge in [-0.3, -0.25) is 0 Å². The second-order valence-corrected chi connectivity index (χ2v) is 7.23. The first kappa shape index (κ1) is 19.1. The smallest absolute Gasteiger partial charge is 0.188 e. The summed E-state index contributed by atoms with van der Waals surface area (Å²) in [6.07, 6.45) is -6.34. The Morgan fingerprint density at radius 2 is 1.58 bits per heavy atom. The average Bonchev–Trinajstić information content (AvgIpc) is 2.89. The Kier molecular flexibility index (Phi) is 4.98. The molecule has 0 saturated heterocycles. The summed E-state index contributed by atoms with van der Waals surface area (Å²) in [4.78, 5) is 0.199. The van der Waals surface area contributed by atoms with Crippen LogP contribution in [-0.2, 0) is 0 Å². The Morgan fingerprint density at radius 1 is 0.958 bits per heavy atom. The predicted molar refractivity (Wildman–Crippen MR) is 81.0 cm³/mol. The topological polar surface area (TPSA) is 0 Å². The van der Waals surface area contributed by atoms with E-state index in [-0.39, 0.29) is 10.5 Å². The van der Waals surface area contributed by atoms with Gasteiger partial charge in [0, 0.05) is 15.3 Å². The van der Waals surface area contributed by atoms with Crippen LogP contribution in [0, 0.1) is 13.8 Å². The van der Waals surface area contributed by atoms with Gasteiger partial charge < -0.3 is 0 Å². The van der Waals surface area contributed by atoms with E-state index in [0.29, 0.717) is 16.0 Å². The molecule has 1 aromatic heterocycles. The SMILES string of the molecule is Cc1cc(C)c(-c2cccs2)c(SC(F)(F)C(F)(F)C(F)(F)F)c1. The molecular formula is C15H11F7S2. The number of thioether (sulfide) groups is 1. The van der Waals surface area contributed by atoms with E-state index in [2.05, 4.69) is 0 Å². The molecule has 1 aromatic carbocycles. The molecule has 0 atom stereocenters. The number of thiophene rings is 1. The van der Waals surface area contributed by atoms with Crippen molar-refractivity contribution in [2.45, 2.75) is 36.1 Å². The average molecular weight is 388 g/mol. The summed E-state index contributed by atoms with van der Waals surface area (Å²) in [5.41, 5.74) is 1.24. The van der Waals surface area contributed by atoms with E-state index in [1.807, 2.05) is 0 Å². The van der Waals surface area contributed by atoms with Crippen LogP contribution in [0.3, 0.4) is 0 Å². The van der Waals surface area contributed by atoms with Crippen LogP contribution in [0.25, 0.3) is 10.4 Å². The minimum absolute atomic E-state index is 0.234. The van der Waals surface area contributed by atoms with E-state index >= 15 is 0 Å². The second-order valence-electron chi connectivity index (χ2n) is 5.12. The van der Waals surface area contributed by atoms with Crippen molar-refractivity contribution in [2.24, 2.45) is 0 Å². The number of alkyl halides is 7. The van der Waals surface area contributed by atoms with Crippen molar-refractivity contribution in [3.05, 3.63) is 40.8 Å². The molecule has 0 radical (unpaired) electrons. The number of hydrogen-bond acceptors (Lipinski definition) is 2. The normalized spacial score (nSPS) is 13.4. The molecule has 0 aliphatic rings. The molecule has 9 heteroatoms. The van der Waals surface area contributed by atoms with Crippen molar-refractivity contribution in [3.8, 4) is 10.4 Å². The van der Waals surface area contributed by atoms with E-state index < -0.39 is 29.1 Å². The zero-order valence-corrected chi connectivity index (χ0v) is 14.0. The van der Waals surface area contributed by atoms with Gasteiger partial charge in [0.2, 0.25) is 0 Å². The molecule has 2 rings (SSSR count). The van der Waals surface area contributed by atoms with Gasteiger partial charge in [-0.05, 0) is 54.2 Å². The van der Waals surface area contributed by atoms with Crippen LogP contribution in [0.15, 0.2) is 34.5 Å². The number of aryl methyl sites for hydroxylation is 2. The Balaban J connectivity index is 2.54. The molecule has 0 spiro atoms. The summed E-state index contributed by atoms with van der Waals surface area (Å²) in [6, 6.07) is 6.06. The van der Waals surface area contributed by atoms with Crippen molar-refractivity contribution >= 4 is 23.1 Å². The maximum atomic E-state index is 13.8. The fraction of sp³-hybridized carbons (Fsp3) is 0.333. The van der Waals surface area contributed by atoms with E-state index in [9.17, 15) is 30.7 Å². The predicted octanol–water partition coefficient (Wildman–Crippen LogP) is 6.91. The van der Waals surface area contributed by atoms with Gasteiger partial charge in [0.1, 0.15) is 0 Å². The lowest BCUT2D eigenvalue weighted by atomic mass is 10.0. The fourth-order valence-electron chi connectivity index (χ4n) is 2.11. The number of hydrogen-bond donors (Lipinski definition) is 0. The third-order valence-electron chi connectivity index (χ3n) is 3.17. The molecule has 0 fully saturated rings. The van der Waals surface area contributed by atoms with Gasteiger partial charge in [-0.15, -0.1) is 11.3 Å². The van der Waals surface area contributed by atoms with E-state index in [1.165, 1.54) is 17.4 Å². The number of halogens is 7. The highest BCUT2D eigenvalue weighted by Gasteiger charge is 2.73. The monoisotopic (exact) mass is 388 g/mol. The lowest BCUT2D eigenvalue weighted by molar-refractivity contribution is -0.330. The van der Waals surface area contributed by atoms with Crippen molar-refractivity contribution in [1.82, 2.24) is 0 Å². The van der Waals surface area contributed by atoms with Crippen LogP contribution >= 0.6 is 23.1 Å². The van der Waals surface area contributed by atoms with Crippen LogP contribution in [-0.4, -0.2) is 17.4 Å². The lowest BCUT2D eigenvalue weighted by Gasteiger charge is -2.28. The van der Waals surface area contributed by atoms with E-state index in [1.54, 1.807) is 37.4 Å². The molecule has 24 heavy (non-hydrogen) atoms. The van der Waals surface area contributed by atoms with Gasteiger partial charge in [0.05, 0.1) is 0 Å². The first-order chi connectivity index (χ1) is 10.9. The molecule has 0 saturated carbocycles. The van der Waals surface area contributed by atoms with Gasteiger partial charge in [0.25, 0.3) is 0 Å². The molecular weight excluding hydrogens is 377 g/mol. The fourth-order valence-corrected chi connectivity index (χ4v) is 4.17. The largest absolute Gasteiger partial charge is 0.460 e. The molecule has 1 heterocycles. The van der Waals surface area contributed by atoms with Crippen molar-refractivity contribution in [2.75, 3.05) is 0 Å². The summed E-state index contributed by atoms with van der Waals surface area (Å²) in [5, 5.41) is -3.68. The summed E-state index contributed by atoms with van der Waals surface area (Å²) < 4.78 is 90.9. The molecule has 132 valence electrons. The quantitative estimate of drug-likeness (QED) is 0.405. The zero-order valence-electron chi connectivity index (χ0n) is 12.3. The molecule has 0 unspecified atom stereocenters. The van der Waals surface area contributed by atoms with Crippen molar-refractivity contribution in [1.29, 1.82) is 0 Å². The Labute approximate surface area is 141 Å². The molecule has 0 amide bonds. The second kappa shape index (κ2) is 6.25. The van der Waals surface area contributed by atoms with Crippen LogP contribution < -0.4 is 0 Å². The highest BCUT2D eigenvalue weighted by atomic mass is 32.2. The highest BCUT2D eigenvalue weighted by Crippen LogP contribution is 2.55. The molecule has 0 nitrogen and oxygen atoms in total. The minimum atomic E-state index is -6.34. The van der Waals surface area contributed by atoms with Gasteiger partial charge >= 0.3 is 17.4 Å². The van der Waals surface area contributed by atoms with Gasteiger partial charge in [0.15, 0.2) is 0 Å². The van der Waals surface area contributed by atoms with E-state index in [0.717, 1.165) is 0 Å². The van der Waals surface area contributed by atoms with Gasteiger partial charge in [-0.1, -0.05) is 12.1 Å². The standard InChI is InChI=1S/C15H11F7S2/c1-8-6-9(2)12(10-4-3-5-23-10)11(7-8)24-15(21,22)13(16,17)14(18,19)20/h3-7H,1-2H3. The van der Waals surface area contributed by atoms with Gasteiger partial charge in [-0.2, -0.15) is 30.7 Å². The maximum Gasteiger partial charge on any atom is 0.460 e.